The lowest BCUT2D eigenvalue weighted by Crippen LogP contribution is -2.50. The molecule has 6 rings (SSSR count). The number of hydrogen-bond donors (Lipinski definition) is 1. The summed E-state index contributed by atoms with van der Waals surface area (Å²) in [6, 6.07) is 14.2. The quantitative estimate of drug-likeness (QED) is 0.386. The molecule has 0 unspecified atom stereocenters. The summed E-state index contributed by atoms with van der Waals surface area (Å²) in [6.07, 6.45) is 5.16. The van der Waals surface area contributed by atoms with E-state index in [4.69, 9.17) is 0 Å². The van der Waals surface area contributed by atoms with Gasteiger partial charge in [-0.25, -0.2) is 28.4 Å². The molecule has 0 atom stereocenters. The molecule has 200 valence electrons. The Hall–Kier alpha value is -4.41. The summed E-state index contributed by atoms with van der Waals surface area (Å²) in [7, 11) is 0. The molecule has 39 heavy (non-hydrogen) atoms. The zero-order valence-corrected chi connectivity index (χ0v) is 21.3. The maximum absolute atomic E-state index is 13.6. The van der Waals surface area contributed by atoms with Gasteiger partial charge in [-0.15, -0.1) is 5.10 Å². The van der Waals surface area contributed by atoms with Gasteiger partial charge in [-0.1, -0.05) is 0 Å². The lowest BCUT2D eigenvalue weighted by molar-refractivity contribution is -0.132. The smallest absolute Gasteiger partial charge is 0.244 e. The van der Waals surface area contributed by atoms with Crippen LogP contribution in [0.15, 0.2) is 60.9 Å². The Morgan fingerprint density at radius 3 is 2.21 bits per heavy atom. The number of anilines is 2. The number of carbonyl (C=O) groups is 1. The van der Waals surface area contributed by atoms with Crippen molar-refractivity contribution in [2.24, 2.45) is 0 Å². The summed E-state index contributed by atoms with van der Waals surface area (Å²) in [6.45, 7) is 2.35. The number of aromatic nitrogens is 5. The predicted octanol–water partition coefficient (Wildman–Crippen LogP) is 3.99. The molecule has 4 aromatic rings. The fourth-order valence-electron chi connectivity index (χ4n) is 4.76. The third-order valence-corrected chi connectivity index (χ3v) is 7.23. The largest absolute Gasteiger partial charge is 0.367 e. The minimum Gasteiger partial charge on any atom is -0.367 e. The first-order valence-corrected chi connectivity index (χ1v) is 13.1. The van der Waals surface area contributed by atoms with E-state index >= 15 is 0 Å². The second-order valence-corrected chi connectivity index (χ2v) is 9.83. The van der Waals surface area contributed by atoms with Gasteiger partial charge in [0.05, 0.1) is 0 Å². The van der Waals surface area contributed by atoms with Crippen LogP contribution in [0.4, 0.5) is 20.4 Å². The van der Waals surface area contributed by atoms with Gasteiger partial charge >= 0.3 is 0 Å². The van der Waals surface area contributed by atoms with Gasteiger partial charge in [-0.05, 0) is 67.8 Å². The Kier molecular flexibility index (Phi) is 6.87. The third-order valence-electron chi connectivity index (χ3n) is 7.23. The molecule has 0 bridgehead atoms. The number of halogens is 2. The van der Waals surface area contributed by atoms with Crippen molar-refractivity contribution in [3.8, 4) is 22.8 Å². The summed E-state index contributed by atoms with van der Waals surface area (Å²) in [5.74, 6) is 1.66. The molecule has 1 aliphatic heterocycles. The highest BCUT2D eigenvalue weighted by molar-refractivity contribution is 5.77. The van der Waals surface area contributed by atoms with E-state index in [1.54, 1.807) is 35.5 Å². The third kappa shape index (κ3) is 5.57. The molecule has 2 fully saturated rings. The van der Waals surface area contributed by atoms with Crippen molar-refractivity contribution in [3.63, 3.8) is 0 Å². The first-order valence-electron chi connectivity index (χ1n) is 13.1. The molecule has 1 aliphatic carbocycles. The van der Waals surface area contributed by atoms with E-state index < -0.39 is 0 Å². The Labute approximate surface area is 224 Å². The number of piperazine rings is 1. The second kappa shape index (κ2) is 10.8. The summed E-state index contributed by atoms with van der Waals surface area (Å²) in [5.41, 5.74) is 1.25. The molecule has 1 amide bonds. The van der Waals surface area contributed by atoms with E-state index in [0.717, 1.165) is 11.6 Å². The van der Waals surface area contributed by atoms with Gasteiger partial charge in [0.1, 0.15) is 36.1 Å². The highest BCUT2D eigenvalue weighted by Gasteiger charge is 2.25. The summed E-state index contributed by atoms with van der Waals surface area (Å²) in [5, 5.41) is 8.01. The SMILES string of the molecule is O=C(Cn1nc(-c2ccc(F)cc2)nc1-c1ccc(F)cc1)N1CCN(c2cc(NC3CCC3)ncn2)CC1. The van der Waals surface area contributed by atoms with Gasteiger partial charge in [-0.3, -0.25) is 4.79 Å². The maximum Gasteiger partial charge on any atom is 0.244 e. The summed E-state index contributed by atoms with van der Waals surface area (Å²) >= 11 is 0. The Morgan fingerprint density at radius 2 is 1.56 bits per heavy atom. The topological polar surface area (TPSA) is 92.1 Å². The van der Waals surface area contributed by atoms with Crippen molar-refractivity contribution in [2.75, 3.05) is 36.4 Å². The number of rotatable bonds is 7. The molecular formula is C28H28F2N8O. The standard InChI is InChI=1S/C28H28F2N8O/c29-21-8-4-19(5-9-21)27-34-28(20-6-10-22(30)11-7-20)38(35-27)17-26(39)37-14-12-36(13-15-37)25-16-24(31-18-32-25)33-23-2-1-3-23/h4-11,16,18,23H,1-3,12-15,17H2,(H,31,32,33). The van der Waals surface area contributed by atoms with Crippen LogP contribution in [-0.2, 0) is 11.3 Å². The molecule has 2 aliphatic rings. The number of carbonyl (C=O) groups excluding carboxylic acids is 1. The van der Waals surface area contributed by atoms with Crippen LogP contribution < -0.4 is 10.2 Å². The number of amides is 1. The normalized spacial score (nSPS) is 15.7. The predicted molar refractivity (Wildman–Crippen MR) is 143 cm³/mol. The molecule has 2 aromatic carbocycles. The highest BCUT2D eigenvalue weighted by Crippen LogP contribution is 2.25. The number of nitrogens with zero attached hydrogens (tertiary/aromatic N) is 7. The lowest BCUT2D eigenvalue weighted by Gasteiger charge is -2.35. The first kappa shape index (κ1) is 24.9. The molecular weight excluding hydrogens is 502 g/mol. The van der Waals surface area contributed by atoms with Crippen molar-refractivity contribution in [1.29, 1.82) is 0 Å². The molecule has 0 radical (unpaired) electrons. The first-order chi connectivity index (χ1) is 19.0. The van der Waals surface area contributed by atoms with Gasteiger partial charge in [0.25, 0.3) is 0 Å². The minimum atomic E-state index is -0.368. The monoisotopic (exact) mass is 530 g/mol. The minimum absolute atomic E-state index is 0.0239. The van der Waals surface area contributed by atoms with Gasteiger partial charge in [-0.2, -0.15) is 0 Å². The van der Waals surface area contributed by atoms with Crippen molar-refractivity contribution in [3.05, 3.63) is 72.6 Å². The second-order valence-electron chi connectivity index (χ2n) is 9.83. The zero-order chi connectivity index (χ0) is 26.8. The van der Waals surface area contributed by atoms with Crippen LogP contribution in [0, 0.1) is 11.6 Å². The van der Waals surface area contributed by atoms with Crippen LogP contribution in [0.1, 0.15) is 19.3 Å². The Bertz CT molecular complexity index is 1450. The number of benzene rings is 2. The molecule has 1 saturated heterocycles. The molecule has 3 heterocycles. The molecule has 0 spiro atoms. The average Bonchev–Trinajstić information content (AvgIpc) is 3.35. The molecule has 1 N–H and O–H groups in total. The van der Waals surface area contributed by atoms with Crippen molar-refractivity contribution in [1.82, 2.24) is 29.6 Å². The zero-order valence-electron chi connectivity index (χ0n) is 21.3. The number of nitrogens with one attached hydrogen (secondary N) is 1. The van der Waals surface area contributed by atoms with E-state index in [9.17, 15) is 13.6 Å². The van der Waals surface area contributed by atoms with Gasteiger partial charge < -0.3 is 15.1 Å². The van der Waals surface area contributed by atoms with E-state index in [1.807, 2.05) is 6.07 Å². The van der Waals surface area contributed by atoms with E-state index in [2.05, 4.69) is 30.3 Å². The fraction of sp³-hybridized carbons (Fsp3) is 0.321. The van der Waals surface area contributed by atoms with Gasteiger partial charge in [0.15, 0.2) is 11.6 Å². The fourth-order valence-corrected chi connectivity index (χ4v) is 4.76. The lowest BCUT2D eigenvalue weighted by atomic mass is 9.93. The maximum atomic E-state index is 13.6. The van der Waals surface area contributed by atoms with E-state index in [-0.39, 0.29) is 24.1 Å². The van der Waals surface area contributed by atoms with Crippen molar-refractivity contribution >= 4 is 17.5 Å². The van der Waals surface area contributed by atoms with Crippen LogP contribution in [0.5, 0.6) is 0 Å². The van der Waals surface area contributed by atoms with Gasteiger partial charge in [0, 0.05) is 49.4 Å². The average molecular weight is 531 g/mol. The van der Waals surface area contributed by atoms with Crippen LogP contribution in [-0.4, -0.2) is 67.8 Å². The van der Waals surface area contributed by atoms with Crippen molar-refractivity contribution in [2.45, 2.75) is 31.8 Å². The Balaban J connectivity index is 1.15. The van der Waals surface area contributed by atoms with Crippen LogP contribution in [0.3, 0.4) is 0 Å². The van der Waals surface area contributed by atoms with Crippen LogP contribution >= 0.6 is 0 Å². The Morgan fingerprint density at radius 1 is 0.897 bits per heavy atom. The summed E-state index contributed by atoms with van der Waals surface area (Å²) < 4.78 is 28.5. The van der Waals surface area contributed by atoms with Gasteiger partial charge in [0.2, 0.25) is 5.91 Å². The van der Waals surface area contributed by atoms with Crippen molar-refractivity contribution < 1.29 is 13.6 Å². The van der Waals surface area contributed by atoms with E-state index in [0.29, 0.717) is 55.0 Å². The molecule has 9 nitrogen and oxygen atoms in total. The highest BCUT2D eigenvalue weighted by atomic mass is 19.1. The molecule has 1 saturated carbocycles. The van der Waals surface area contributed by atoms with E-state index in [1.165, 1.54) is 48.2 Å². The van der Waals surface area contributed by atoms with Crippen LogP contribution in [0.2, 0.25) is 0 Å². The summed E-state index contributed by atoms with van der Waals surface area (Å²) in [4.78, 5) is 30.7. The molecule has 11 heteroatoms. The molecule has 2 aromatic heterocycles. The van der Waals surface area contributed by atoms with Crippen LogP contribution in [0.25, 0.3) is 22.8 Å². The number of hydrogen-bond acceptors (Lipinski definition) is 7.